The Morgan fingerprint density at radius 3 is 2.48 bits per heavy atom. The molecule has 2 aromatic rings. The van der Waals surface area contributed by atoms with Crippen molar-refractivity contribution < 1.29 is 28.6 Å². The van der Waals surface area contributed by atoms with Gasteiger partial charge in [-0.1, -0.05) is 12.1 Å². The molecule has 0 saturated heterocycles. The zero-order valence-electron chi connectivity index (χ0n) is 15.4. The van der Waals surface area contributed by atoms with Gasteiger partial charge in [0.1, 0.15) is 24.5 Å². The molecule has 0 unspecified atom stereocenters. The van der Waals surface area contributed by atoms with Gasteiger partial charge in [0.2, 0.25) is 5.91 Å². The number of Topliss-reactive ketones (excluding diaryl/α,β-unsaturated/α-hetero) is 1. The highest BCUT2D eigenvalue weighted by Gasteiger charge is 2.11. The molecule has 0 radical (unpaired) electrons. The van der Waals surface area contributed by atoms with Crippen molar-refractivity contribution in [3.05, 3.63) is 53.6 Å². The summed E-state index contributed by atoms with van der Waals surface area (Å²) in [7, 11) is 2.72. The van der Waals surface area contributed by atoms with Gasteiger partial charge in [0.15, 0.2) is 5.78 Å². The lowest BCUT2D eigenvalue weighted by molar-refractivity contribution is -0.142. The summed E-state index contributed by atoms with van der Waals surface area (Å²) in [4.78, 5) is 34.4. The molecule has 0 atom stereocenters. The lowest BCUT2D eigenvalue weighted by atomic mass is 10.1. The smallest absolute Gasteiger partial charge is 0.315 e. The van der Waals surface area contributed by atoms with Gasteiger partial charge in [0, 0.05) is 11.8 Å². The number of rotatable bonds is 8. The third-order valence-electron chi connectivity index (χ3n) is 3.70. The number of amides is 1. The number of nitrogens with one attached hydrogen (secondary N) is 1. The van der Waals surface area contributed by atoms with Crippen molar-refractivity contribution in [3.63, 3.8) is 0 Å². The number of carbonyl (C=O) groups is 3. The highest BCUT2D eigenvalue weighted by atomic mass is 16.5. The average molecular weight is 371 g/mol. The molecule has 0 aliphatic heterocycles. The minimum atomic E-state index is -0.602. The molecule has 27 heavy (non-hydrogen) atoms. The molecule has 0 bridgehead atoms. The maximum atomic E-state index is 11.7. The minimum absolute atomic E-state index is 0.0891. The van der Waals surface area contributed by atoms with Crippen molar-refractivity contribution in [1.82, 2.24) is 0 Å². The molecule has 2 aromatic carbocycles. The topological polar surface area (TPSA) is 90.9 Å². The molecule has 2 rings (SSSR count). The largest absolute Gasteiger partial charge is 0.496 e. The van der Waals surface area contributed by atoms with E-state index >= 15 is 0 Å². The van der Waals surface area contributed by atoms with E-state index in [1.165, 1.54) is 21.1 Å². The summed E-state index contributed by atoms with van der Waals surface area (Å²) in [6, 6.07) is 12.1. The van der Waals surface area contributed by atoms with Crippen molar-refractivity contribution in [3.8, 4) is 11.5 Å². The summed E-state index contributed by atoms with van der Waals surface area (Å²) in [5, 5.41) is 2.63. The first-order chi connectivity index (χ1) is 12.9. The second-order valence-corrected chi connectivity index (χ2v) is 5.71. The monoisotopic (exact) mass is 371 g/mol. The molecule has 0 spiro atoms. The van der Waals surface area contributed by atoms with Crippen LogP contribution in [0.1, 0.15) is 29.3 Å². The van der Waals surface area contributed by atoms with E-state index in [1.54, 1.807) is 36.4 Å². The van der Waals surface area contributed by atoms with Crippen LogP contribution >= 0.6 is 0 Å². The van der Waals surface area contributed by atoms with Crippen molar-refractivity contribution in [2.24, 2.45) is 0 Å². The van der Waals surface area contributed by atoms with Gasteiger partial charge >= 0.3 is 5.97 Å². The van der Waals surface area contributed by atoms with Gasteiger partial charge in [0.25, 0.3) is 0 Å². The van der Waals surface area contributed by atoms with Crippen molar-refractivity contribution in [2.45, 2.75) is 20.0 Å². The summed E-state index contributed by atoms with van der Waals surface area (Å²) in [5.74, 6) is -0.144. The van der Waals surface area contributed by atoms with Crippen LogP contribution in [-0.4, -0.2) is 31.9 Å². The molecule has 0 aromatic heterocycles. The summed E-state index contributed by atoms with van der Waals surface area (Å²) >= 11 is 0. The van der Waals surface area contributed by atoms with Gasteiger partial charge in [-0.05, 0) is 36.8 Å². The standard InChI is InChI=1S/C20H21NO6/c1-13(22)17-8-7-16(10-18(17)25-2)27-12-14-5-4-6-15(9-14)21-19(23)11-20(24)26-3/h4-10H,11-12H2,1-3H3,(H,21,23). The number of anilines is 1. The minimum Gasteiger partial charge on any atom is -0.496 e. The average Bonchev–Trinajstić information content (AvgIpc) is 2.66. The molecule has 1 amide bonds. The lowest BCUT2D eigenvalue weighted by Crippen LogP contribution is -2.17. The quantitative estimate of drug-likeness (QED) is 0.436. The summed E-state index contributed by atoms with van der Waals surface area (Å²) in [6.45, 7) is 1.72. The van der Waals surface area contributed by atoms with Crippen molar-refractivity contribution in [1.29, 1.82) is 0 Å². The van der Waals surface area contributed by atoms with Crippen LogP contribution in [0.3, 0.4) is 0 Å². The molecular formula is C20H21NO6. The second-order valence-electron chi connectivity index (χ2n) is 5.71. The Morgan fingerprint density at radius 1 is 1.04 bits per heavy atom. The maximum absolute atomic E-state index is 11.7. The van der Waals surface area contributed by atoms with Crippen LogP contribution in [0.5, 0.6) is 11.5 Å². The van der Waals surface area contributed by atoms with Crippen molar-refractivity contribution >= 4 is 23.3 Å². The first-order valence-electron chi connectivity index (χ1n) is 8.20. The zero-order valence-corrected chi connectivity index (χ0v) is 15.4. The van der Waals surface area contributed by atoms with Crippen LogP contribution < -0.4 is 14.8 Å². The van der Waals surface area contributed by atoms with E-state index in [9.17, 15) is 14.4 Å². The normalized spacial score (nSPS) is 10.0. The van der Waals surface area contributed by atoms with E-state index in [4.69, 9.17) is 9.47 Å². The van der Waals surface area contributed by atoms with Crippen molar-refractivity contribution in [2.75, 3.05) is 19.5 Å². The SMILES string of the molecule is COC(=O)CC(=O)Nc1cccc(COc2ccc(C(C)=O)c(OC)c2)c1. The predicted octanol–water partition coefficient (Wildman–Crippen LogP) is 2.98. The van der Waals surface area contributed by atoms with E-state index in [0.29, 0.717) is 22.7 Å². The predicted molar refractivity (Wildman–Crippen MR) is 99.0 cm³/mol. The molecule has 142 valence electrons. The summed E-state index contributed by atoms with van der Waals surface area (Å²) in [6.07, 6.45) is -0.348. The van der Waals surface area contributed by atoms with Crippen LogP contribution in [0, 0.1) is 0 Å². The second kappa shape index (κ2) is 9.38. The molecule has 0 fully saturated rings. The van der Waals surface area contributed by atoms with E-state index in [2.05, 4.69) is 10.1 Å². The number of benzene rings is 2. The van der Waals surface area contributed by atoms with Crippen LogP contribution in [0.2, 0.25) is 0 Å². The van der Waals surface area contributed by atoms with E-state index in [-0.39, 0.29) is 18.8 Å². The fraction of sp³-hybridized carbons (Fsp3) is 0.250. The van der Waals surface area contributed by atoms with Gasteiger partial charge in [-0.2, -0.15) is 0 Å². The maximum Gasteiger partial charge on any atom is 0.315 e. The number of hydrogen-bond acceptors (Lipinski definition) is 6. The summed E-state index contributed by atoms with van der Waals surface area (Å²) in [5.41, 5.74) is 1.86. The number of carbonyl (C=O) groups excluding carboxylic acids is 3. The zero-order chi connectivity index (χ0) is 19.8. The summed E-state index contributed by atoms with van der Waals surface area (Å²) < 4.78 is 15.4. The Hall–Kier alpha value is -3.35. The van der Waals surface area contributed by atoms with Gasteiger partial charge in [0.05, 0.1) is 19.8 Å². The van der Waals surface area contributed by atoms with Gasteiger partial charge in [-0.25, -0.2) is 0 Å². The Balaban J connectivity index is 2.01. The number of methoxy groups -OCH3 is 2. The van der Waals surface area contributed by atoms with Gasteiger partial charge in [-0.15, -0.1) is 0 Å². The van der Waals surface area contributed by atoms with Crippen LogP contribution in [-0.2, 0) is 20.9 Å². The molecule has 0 aliphatic carbocycles. The number of esters is 1. The van der Waals surface area contributed by atoms with Gasteiger partial charge < -0.3 is 19.5 Å². The van der Waals surface area contributed by atoms with Crippen LogP contribution in [0.15, 0.2) is 42.5 Å². The molecule has 0 heterocycles. The molecule has 0 saturated carbocycles. The molecular weight excluding hydrogens is 350 g/mol. The third kappa shape index (κ3) is 5.85. The Morgan fingerprint density at radius 2 is 1.81 bits per heavy atom. The van der Waals surface area contributed by atoms with Crippen LogP contribution in [0.25, 0.3) is 0 Å². The van der Waals surface area contributed by atoms with E-state index in [1.807, 2.05) is 6.07 Å². The highest BCUT2D eigenvalue weighted by molar-refractivity contribution is 6.01. The number of ether oxygens (including phenoxy) is 3. The first kappa shape index (κ1) is 20.0. The lowest BCUT2D eigenvalue weighted by Gasteiger charge is -2.11. The molecule has 0 aliphatic rings. The Labute approximate surface area is 157 Å². The fourth-order valence-corrected chi connectivity index (χ4v) is 2.37. The molecule has 7 heteroatoms. The highest BCUT2D eigenvalue weighted by Crippen LogP contribution is 2.26. The van der Waals surface area contributed by atoms with E-state index in [0.717, 1.165) is 5.56 Å². The Kier molecular flexibility index (Phi) is 6.93. The van der Waals surface area contributed by atoms with E-state index < -0.39 is 11.9 Å². The fourth-order valence-electron chi connectivity index (χ4n) is 2.37. The van der Waals surface area contributed by atoms with Gasteiger partial charge in [-0.3, -0.25) is 14.4 Å². The van der Waals surface area contributed by atoms with Crippen LogP contribution in [0.4, 0.5) is 5.69 Å². The Bertz CT molecular complexity index is 846. The molecule has 7 nitrogen and oxygen atoms in total. The third-order valence-corrected chi connectivity index (χ3v) is 3.70. The number of hydrogen-bond donors (Lipinski definition) is 1. The first-order valence-corrected chi connectivity index (χ1v) is 8.20. The number of ketones is 1. The molecule has 1 N–H and O–H groups in total.